The van der Waals surface area contributed by atoms with Gasteiger partial charge in [-0.05, 0) is 0 Å². The lowest BCUT2D eigenvalue weighted by Gasteiger charge is -2.07. The Morgan fingerprint density at radius 1 is 0.889 bits per heavy atom. The highest BCUT2D eigenvalue weighted by Gasteiger charge is 1.94. The standard InChI is InChI=1S/H5N3S6/c4-2(5)8-1-9-3(6)7/h1,4-7H. The topological polar surface area (TPSA) is 18.5 Å². The fourth-order valence-corrected chi connectivity index (χ4v) is 1.95. The van der Waals surface area contributed by atoms with E-state index in [1.165, 1.54) is 30.5 Å². The Hall–Kier alpha value is 1.98. The molecular weight excluding hydrogens is 234 g/mol. The molecule has 0 aliphatic heterocycles. The third-order valence-electron chi connectivity index (χ3n) is 0.238. The van der Waals surface area contributed by atoms with E-state index in [1.807, 2.05) is 0 Å². The maximum absolute atomic E-state index is 3.82. The molecule has 56 valence electrons. The average molecular weight is 239 g/mol. The molecule has 9 heteroatoms. The molecule has 0 unspecified atom stereocenters. The van der Waals surface area contributed by atoms with Crippen LogP contribution in [0, 0.1) is 0 Å². The van der Waals surface area contributed by atoms with Gasteiger partial charge in [0.05, 0.1) is 0 Å². The molecule has 0 atom stereocenters. The highest BCUT2D eigenvalue weighted by atomic mass is 32.3. The van der Waals surface area contributed by atoms with Crippen LogP contribution in [0.4, 0.5) is 0 Å². The zero-order valence-electron chi connectivity index (χ0n) is 4.00. The van der Waals surface area contributed by atoms with Crippen LogP contribution in [0.2, 0.25) is 0 Å². The van der Waals surface area contributed by atoms with Gasteiger partial charge >= 0.3 is 0 Å². The normalized spacial score (nSPS) is 11.3. The highest BCUT2D eigenvalue weighted by molar-refractivity contribution is 8.23. The molecule has 0 aliphatic carbocycles. The maximum Gasteiger partial charge on any atom is 0.0399 e. The van der Waals surface area contributed by atoms with Gasteiger partial charge in [-0.1, -0.05) is 51.3 Å². The Labute approximate surface area is 85.4 Å². The molecule has 0 spiro atoms. The second-order valence-corrected chi connectivity index (χ2v) is 5.85. The smallest absolute Gasteiger partial charge is 0.0399 e. The Balaban J connectivity index is 2.91. The predicted octanol–water partition coefficient (Wildman–Crippen LogP) is 1.69. The summed E-state index contributed by atoms with van der Waals surface area (Å²) < 4.78 is 5.40. The molecule has 9 heavy (non-hydrogen) atoms. The minimum Gasteiger partial charge on any atom is -0.178 e. The monoisotopic (exact) mass is 239 g/mol. The SMILES string of the molecule is SN(S)SNSN(S)S. The quantitative estimate of drug-likeness (QED) is 0.379. The van der Waals surface area contributed by atoms with Gasteiger partial charge in [0, 0.05) is 24.3 Å². The largest absolute Gasteiger partial charge is 0.178 e. The van der Waals surface area contributed by atoms with Gasteiger partial charge in [-0.15, -0.1) is 6.23 Å². The van der Waals surface area contributed by atoms with Crippen molar-refractivity contribution >= 4 is 75.5 Å². The first-order valence-electron chi connectivity index (χ1n) is 1.57. The number of hydrogen-bond donors (Lipinski definition) is 5. The molecule has 0 aromatic heterocycles. The molecule has 0 aromatic rings. The lowest BCUT2D eigenvalue weighted by Crippen LogP contribution is -1.99. The van der Waals surface area contributed by atoms with E-state index < -0.39 is 0 Å². The van der Waals surface area contributed by atoms with Gasteiger partial charge in [-0.3, -0.25) is 0 Å². The van der Waals surface area contributed by atoms with Crippen LogP contribution in [0.3, 0.4) is 0 Å². The molecule has 0 saturated carbocycles. The zero-order valence-corrected chi connectivity index (χ0v) is 9.21. The molecule has 0 radical (unpaired) electrons. The van der Waals surface area contributed by atoms with Crippen LogP contribution in [-0.2, 0) is 0 Å². The zero-order chi connectivity index (χ0) is 7.28. The van der Waals surface area contributed by atoms with Crippen molar-refractivity contribution in [2.24, 2.45) is 0 Å². The van der Waals surface area contributed by atoms with Crippen LogP contribution < -0.4 is 4.13 Å². The maximum atomic E-state index is 3.82. The van der Waals surface area contributed by atoms with E-state index in [2.05, 4.69) is 55.4 Å². The summed E-state index contributed by atoms with van der Waals surface area (Å²) in [5.41, 5.74) is 0. The number of rotatable bonds is 4. The van der Waals surface area contributed by atoms with Crippen molar-refractivity contribution in [3.8, 4) is 0 Å². The predicted molar refractivity (Wildman–Crippen MR) is 57.9 cm³/mol. The van der Waals surface area contributed by atoms with Gasteiger partial charge in [0.15, 0.2) is 0 Å². The van der Waals surface area contributed by atoms with Crippen molar-refractivity contribution in [2.75, 3.05) is 0 Å². The van der Waals surface area contributed by atoms with Gasteiger partial charge in [0.2, 0.25) is 0 Å². The Morgan fingerprint density at radius 3 is 1.44 bits per heavy atom. The van der Waals surface area contributed by atoms with Crippen LogP contribution in [0.15, 0.2) is 0 Å². The van der Waals surface area contributed by atoms with Crippen LogP contribution in [-0.4, -0.2) is 6.23 Å². The first-order chi connectivity index (χ1) is 4.13. The number of nitrogens with one attached hydrogen (secondary N) is 1. The third-order valence-corrected chi connectivity index (χ3v) is 2.14. The molecule has 0 amide bonds. The number of hydrogen-bond acceptors (Lipinski definition) is 9. The molecule has 0 aliphatic rings. The van der Waals surface area contributed by atoms with Crippen molar-refractivity contribution < 1.29 is 0 Å². The summed E-state index contributed by atoms with van der Waals surface area (Å²) in [5.74, 6) is 0. The molecule has 0 bridgehead atoms. The second kappa shape index (κ2) is 6.68. The van der Waals surface area contributed by atoms with Gasteiger partial charge in [0.1, 0.15) is 0 Å². The van der Waals surface area contributed by atoms with Gasteiger partial charge < -0.3 is 0 Å². The van der Waals surface area contributed by atoms with Crippen molar-refractivity contribution in [1.29, 1.82) is 0 Å². The van der Waals surface area contributed by atoms with E-state index in [-0.39, 0.29) is 0 Å². The molecule has 0 aromatic carbocycles. The van der Waals surface area contributed by atoms with Crippen molar-refractivity contribution in [3.63, 3.8) is 0 Å². The van der Waals surface area contributed by atoms with Gasteiger partial charge in [-0.2, -0.15) is 4.13 Å². The van der Waals surface area contributed by atoms with Crippen LogP contribution >= 0.6 is 75.5 Å². The highest BCUT2D eigenvalue weighted by Crippen LogP contribution is 2.18. The number of thiol groups is 4. The molecule has 0 rings (SSSR count). The second-order valence-electron chi connectivity index (χ2n) is 0.771. The Morgan fingerprint density at radius 2 is 1.22 bits per heavy atom. The third kappa shape index (κ3) is 9.98. The average Bonchev–Trinajstić information content (AvgIpc) is 1.63. The summed E-state index contributed by atoms with van der Waals surface area (Å²) in [6.45, 7) is 0. The first kappa shape index (κ1) is 11.0. The first-order valence-corrected chi connectivity index (χ1v) is 4.72. The Kier molecular flexibility index (Phi) is 8.14. The molecule has 0 fully saturated rings. The van der Waals surface area contributed by atoms with E-state index in [4.69, 9.17) is 0 Å². The van der Waals surface area contributed by atoms with Crippen LogP contribution in [0.25, 0.3) is 0 Å². The van der Waals surface area contributed by atoms with E-state index in [0.717, 1.165) is 0 Å². The molecule has 1 N–H and O–H groups in total. The summed E-state index contributed by atoms with van der Waals surface area (Å²) in [6, 6.07) is 0. The van der Waals surface area contributed by atoms with E-state index in [9.17, 15) is 0 Å². The summed E-state index contributed by atoms with van der Waals surface area (Å²) in [6.07, 6.45) is 0. The molecular formula is H5N3S6. The molecule has 0 saturated heterocycles. The minimum absolute atomic E-state index is 1.19. The number of nitrogens with zero attached hydrogens (tertiary/aromatic N) is 2. The molecule has 3 nitrogen and oxygen atoms in total. The Bertz CT molecular complexity index is 53.3. The van der Waals surface area contributed by atoms with Gasteiger partial charge in [-0.25, -0.2) is 0 Å². The van der Waals surface area contributed by atoms with E-state index in [1.54, 1.807) is 0 Å². The van der Waals surface area contributed by atoms with Gasteiger partial charge in [0.25, 0.3) is 0 Å². The lowest BCUT2D eigenvalue weighted by molar-refractivity contribution is 1.28. The summed E-state index contributed by atoms with van der Waals surface area (Å²) >= 11 is 17.7. The van der Waals surface area contributed by atoms with Crippen LogP contribution in [0.1, 0.15) is 0 Å². The lowest BCUT2D eigenvalue weighted by atomic mass is 13.8. The summed E-state index contributed by atoms with van der Waals surface area (Å²) in [7, 11) is 0. The van der Waals surface area contributed by atoms with E-state index in [0.29, 0.717) is 0 Å². The minimum atomic E-state index is 1.19. The van der Waals surface area contributed by atoms with Crippen molar-refractivity contribution in [3.05, 3.63) is 0 Å². The summed E-state index contributed by atoms with van der Waals surface area (Å²) in [5, 5.41) is 0. The van der Waals surface area contributed by atoms with Crippen molar-refractivity contribution in [2.45, 2.75) is 0 Å². The molecule has 0 heterocycles. The summed E-state index contributed by atoms with van der Waals surface area (Å²) in [4.78, 5) is 0. The van der Waals surface area contributed by atoms with E-state index >= 15 is 0 Å². The van der Waals surface area contributed by atoms with Crippen LogP contribution in [0.5, 0.6) is 0 Å². The van der Waals surface area contributed by atoms with Crippen molar-refractivity contribution in [1.82, 2.24) is 10.4 Å². The fraction of sp³-hybridized carbons (Fsp3) is 0. The fourth-order valence-electron chi connectivity index (χ4n) is 0.0833.